The van der Waals surface area contributed by atoms with Crippen LogP contribution in [0.4, 0.5) is 0 Å². The van der Waals surface area contributed by atoms with Crippen LogP contribution in [0.3, 0.4) is 0 Å². The van der Waals surface area contributed by atoms with Gasteiger partial charge in [0, 0.05) is 6.42 Å². The molecular weight excluding hydrogens is 148 g/mol. The van der Waals surface area contributed by atoms with Crippen molar-refractivity contribution in [3.63, 3.8) is 0 Å². The SMILES string of the molecule is CCCC(=O)OC(=O)C#CO. The Morgan fingerprint density at radius 1 is 1.55 bits per heavy atom. The summed E-state index contributed by atoms with van der Waals surface area (Å²) in [5, 5.41) is 7.91. The molecule has 4 nitrogen and oxygen atoms in total. The van der Waals surface area contributed by atoms with E-state index in [1.807, 2.05) is 0 Å². The van der Waals surface area contributed by atoms with Crippen molar-refractivity contribution in [1.82, 2.24) is 0 Å². The summed E-state index contributed by atoms with van der Waals surface area (Å²) in [4.78, 5) is 20.9. The zero-order valence-corrected chi connectivity index (χ0v) is 6.09. The third kappa shape index (κ3) is 4.97. The van der Waals surface area contributed by atoms with E-state index in [0.29, 0.717) is 6.42 Å². The van der Waals surface area contributed by atoms with E-state index in [-0.39, 0.29) is 6.42 Å². The van der Waals surface area contributed by atoms with Crippen molar-refractivity contribution in [3.05, 3.63) is 0 Å². The van der Waals surface area contributed by atoms with Crippen molar-refractivity contribution in [2.75, 3.05) is 0 Å². The van der Waals surface area contributed by atoms with Crippen molar-refractivity contribution < 1.29 is 19.4 Å². The lowest BCUT2D eigenvalue weighted by molar-refractivity contribution is -0.155. The fourth-order valence-electron chi connectivity index (χ4n) is 0.430. The number of carbonyl (C=O) groups is 2. The van der Waals surface area contributed by atoms with E-state index in [2.05, 4.69) is 4.74 Å². The van der Waals surface area contributed by atoms with Crippen LogP contribution in [0, 0.1) is 12.0 Å². The molecule has 0 amide bonds. The molecule has 0 rings (SSSR count). The Hall–Kier alpha value is -1.50. The van der Waals surface area contributed by atoms with Crippen LogP contribution in [0.5, 0.6) is 0 Å². The first-order valence-corrected chi connectivity index (χ1v) is 3.10. The van der Waals surface area contributed by atoms with E-state index in [9.17, 15) is 9.59 Å². The van der Waals surface area contributed by atoms with Crippen molar-refractivity contribution >= 4 is 11.9 Å². The van der Waals surface area contributed by atoms with Gasteiger partial charge in [-0.3, -0.25) is 4.79 Å². The molecule has 0 atom stereocenters. The molecule has 0 aliphatic carbocycles. The molecule has 0 unspecified atom stereocenters. The highest BCUT2D eigenvalue weighted by Gasteiger charge is 2.05. The minimum Gasteiger partial charge on any atom is -0.462 e. The number of carbonyl (C=O) groups excluding carboxylic acids is 2. The summed E-state index contributed by atoms with van der Waals surface area (Å²) in [7, 11) is 0. The lowest BCUT2D eigenvalue weighted by Crippen LogP contribution is -2.09. The molecule has 4 heteroatoms. The maximum absolute atomic E-state index is 10.5. The van der Waals surface area contributed by atoms with Gasteiger partial charge >= 0.3 is 11.9 Å². The van der Waals surface area contributed by atoms with Gasteiger partial charge in [-0.15, -0.1) is 0 Å². The molecule has 0 saturated carbocycles. The molecule has 0 aliphatic rings. The minimum atomic E-state index is -1.02. The molecule has 0 saturated heterocycles. The molecule has 11 heavy (non-hydrogen) atoms. The third-order valence-electron chi connectivity index (χ3n) is 0.819. The molecule has 0 aliphatic heterocycles. The number of rotatable bonds is 2. The average molecular weight is 156 g/mol. The number of ether oxygens (including phenoxy) is 1. The first kappa shape index (κ1) is 9.50. The Bertz CT molecular complexity index is 208. The monoisotopic (exact) mass is 156 g/mol. The Balaban J connectivity index is 3.73. The summed E-state index contributed by atoms with van der Waals surface area (Å²) in [6.45, 7) is 1.78. The van der Waals surface area contributed by atoms with E-state index >= 15 is 0 Å². The fraction of sp³-hybridized carbons (Fsp3) is 0.429. The van der Waals surface area contributed by atoms with Crippen LogP contribution < -0.4 is 0 Å². The molecule has 0 heterocycles. The van der Waals surface area contributed by atoms with Gasteiger partial charge in [0.25, 0.3) is 0 Å². The van der Waals surface area contributed by atoms with Crippen LogP contribution in [0.25, 0.3) is 0 Å². The lowest BCUT2D eigenvalue weighted by atomic mass is 10.3. The zero-order valence-electron chi connectivity index (χ0n) is 6.09. The molecule has 0 spiro atoms. The van der Waals surface area contributed by atoms with E-state index in [4.69, 9.17) is 5.11 Å². The van der Waals surface area contributed by atoms with Crippen LogP contribution in [-0.2, 0) is 14.3 Å². The van der Waals surface area contributed by atoms with Crippen LogP contribution in [0.2, 0.25) is 0 Å². The largest absolute Gasteiger partial charge is 0.462 e. The number of aliphatic hydroxyl groups is 1. The van der Waals surface area contributed by atoms with Gasteiger partial charge in [0.15, 0.2) is 0 Å². The van der Waals surface area contributed by atoms with Gasteiger partial charge < -0.3 is 9.84 Å². The standard InChI is InChI=1S/C7H8O4/c1-2-3-6(9)11-7(10)4-5-8/h8H,2-3H2,1H3. The highest BCUT2D eigenvalue weighted by atomic mass is 16.6. The van der Waals surface area contributed by atoms with Crippen LogP contribution in [0.15, 0.2) is 0 Å². The van der Waals surface area contributed by atoms with Gasteiger partial charge in [0.1, 0.15) is 6.11 Å². The first-order valence-electron chi connectivity index (χ1n) is 3.10. The summed E-state index contributed by atoms with van der Waals surface area (Å²) in [5.41, 5.74) is 0. The molecule has 0 aromatic heterocycles. The van der Waals surface area contributed by atoms with Crippen molar-refractivity contribution in [2.24, 2.45) is 0 Å². The van der Waals surface area contributed by atoms with Gasteiger partial charge in [-0.2, -0.15) is 0 Å². The number of hydrogen-bond acceptors (Lipinski definition) is 4. The van der Waals surface area contributed by atoms with Crippen molar-refractivity contribution in [1.29, 1.82) is 0 Å². The maximum atomic E-state index is 10.5. The van der Waals surface area contributed by atoms with E-state index < -0.39 is 11.9 Å². The zero-order chi connectivity index (χ0) is 8.69. The summed E-state index contributed by atoms with van der Waals surface area (Å²) in [5.74, 6) is 0.0114. The smallest absolute Gasteiger partial charge is 0.395 e. The topological polar surface area (TPSA) is 63.6 Å². The van der Waals surface area contributed by atoms with Gasteiger partial charge in [-0.05, 0) is 6.42 Å². The Kier molecular flexibility index (Phi) is 4.58. The Morgan fingerprint density at radius 2 is 2.18 bits per heavy atom. The van der Waals surface area contributed by atoms with Gasteiger partial charge in [0.2, 0.25) is 0 Å². The van der Waals surface area contributed by atoms with Crippen LogP contribution >= 0.6 is 0 Å². The minimum absolute atomic E-state index is 0.179. The predicted octanol–water partition coefficient (Wildman–Crippen LogP) is 0.190. The van der Waals surface area contributed by atoms with Crippen molar-refractivity contribution in [3.8, 4) is 12.0 Å². The molecular formula is C7H8O4. The summed E-state index contributed by atoms with van der Waals surface area (Å²) < 4.78 is 4.12. The molecule has 0 bridgehead atoms. The molecule has 0 radical (unpaired) electrons. The molecule has 1 N–H and O–H groups in total. The highest BCUT2D eigenvalue weighted by molar-refractivity contribution is 5.95. The summed E-state index contributed by atoms with van der Waals surface area (Å²) in [6.07, 6.45) is 2.13. The average Bonchev–Trinajstić information content (AvgIpc) is 1.87. The second kappa shape index (κ2) is 5.30. The number of hydrogen-bond donors (Lipinski definition) is 1. The van der Waals surface area contributed by atoms with Gasteiger partial charge in [-0.25, -0.2) is 4.79 Å². The lowest BCUT2D eigenvalue weighted by Gasteiger charge is -1.93. The fourth-order valence-corrected chi connectivity index (χ4v) is 0.430. The van der Waals surface area contributed by atoms with Crippen LogP contribution in [-0.4, -0.2) is 17.0 Å². The molecule has 0 fully saturated rings. The van der Waals surface area contributed by atoms with E-state index in [0.717, 1.165) is 0 Å². The van der Waals surface area contributed by atoms with Gasteiger partial charge in [-0.1, -0.05) is 6.92 Å². The normalized spacial score (nSPS) is 7.73. The third-order valence-corrected chi connectivity index (χ3v) is 0.819. The summed E-state index contributed by atoms with van der Waals surface area (Å²) in [6, 6.07) is 0. The highest BCUT2D eigenvalue weighted by Crippen LogP contribution is 1.90. The number of esters is 2. The second-order valence-electron chi connectivity index (χ2n) is 1.75. The Morgan fingerprint density at radius 3 is 2.64 bits per heavy atom. The number of aliphatic hydroxyl groups excluding tert-OH is 1. The maximum Gasteiger partial charge on any atom is 0.395 e. The molecule has 0 aromatic carbocycles. The predicted molar refractivity (Wildman–Crippen MR) is 35.7 cm³/mol. The quantitative estimate of drug-likeness (QED) is 0.352. The summed E-state index contributed by atoms with van der Waals surface area (Å²) >= 11 is 0. The van der Waals surface area contributed by atoms with Crippen molar-refractivity contribution in [2.45, 2.75) is 19.8 Å². The molecule has 0 aromatic rings. The first-order chi connectivity index (χ1) is 5.20. The Labute approximate surface area is 64.2 Å². The second-order valence-corrected chi connectivity index (χ2v) is 1.75. The van der Waals surface area contributed by atoms with E-state index in [1.54, 1.807) is 12.8 Å². The van der Waals surface area contributed by atoms with Gasteiger partial charge in [0.05, 0.1) is 5.92 Å². The van der Waals surface area contributed by atoms with E-state index in [1.165, 1.54) is 6.11 Å². The molecule has 60 valence electrons. The van der Waals surface area contributed by atoms with Crippen LogP contribution in [0.1, 0.15) is 19.8 Å².